The lowest BCUT2D eigenvalue weighted by Gasteiger charge is -2.09. The highest BCUT2D eigenvalue weighted by atomic mass is 19.1. The van der Waals surface area contributed by atoms with Crippen LogP contribution in [0.5, 0.6) is 0 Å². The highest BCUT2D eigenvalue weighted by Crippen LogP contribution is 2.28. The number of rotatable bonds is 3. The molecule has 2 aromatic heterocycles. The molecule has 0 spiro atoms. The van der Waals surface area contributed by atoms with Gasteiger partial charge in [-0.25, -0.2) is 19.0 Å². The minimum Gasteiger partial charge on any atom is -0.339 e. The molecule has 0 radical (unpaired) electrons. The van der Waals surface area contributed by atoms with E-state index in [4.69, 9.17) is 0 Å². The Balaban J connectivity index is 1.86. The minimum atomic E-state index is -0.348. The first-order valence-corrected chi connectivity index (χ1v) is 8.33. The monoisotopic (exact) mass is 347 g/mol. The maximum Gasteiger partial charge on any atom is 0.168 e. The van der Waals surface area contributed by atoms with Crippen LogP contribution in [0.2, 0.25) is 0 Å². The van der Waals surface area contributed by atoms with Crippen LogP contribution in [0.4, 0.5) is 15.9 Å². The van der Waals surface area contributed by atoms with Crippen LogP contribution < -0.4 is 5.32 Å². The van der Waals surface area contributed by atoms with Crippen LogP contribution in [0.15, 0.2) is 48.8 Å². The molecule has 0 saturated heterocycles. The lowest BCUT2D eigenvalue weighted by molar-refractivity contribution is 0.612. The van der Waals surface area contributed by atoms with Crippen molar-refractivity contribution < 1.29 is 4.39 Å². The normalized spacial score (nSPS) is 11.1. The number of fused-ring (bicyclic) bond motifs is 1. The van der Waals surface area contributed by atoms with Gasteiger partial charge in [0.25, 0.3) is 0 Å². The Bertz CT molecular complexity index is 1100. The summed E-state index contributed by atoms with van der Waals surface area (Å²) in [4.78, 5) is 8.72. The largest absolute Gasteiger partial charge is 0.339 e. The number of aryl methyl sites for hydroxylation is 3. The van der Waals surface area contributed by atoms with Crippen molar-refractivity contribution in [3.63, 3.8) is 0 Å². The first-order chi connectivity index (χ1) is 12.5. The third-order valence-corrected chi connectivity index (χ3v) is 4.20. The zero-order valence-corrected chi connectivity index (χ0v) is 14.8. The van der Waals surface area contributed by atoms with Gasteiger partial charge in [-0.3, -0.25) is 0 Å². The second-order valence-corrected chi connectivity index (χ2v) is 6.37. The Hall–Kier alpha value is -3.28. The van der Waals surface area contributed by atoms with Gasteiger partial charge >= 0.3 is 0 Å². The highest BCUT2D eigenvalue weighted by Gasteiger charge is 2.17. The number of hydrogen-bond acceptors (Lipinski definition) is 4. The molecular weight excluding hydrogens is 329 g/mol. The van der Waals surface area contributed by atoms with Crippen molar-refractivity contribution in [1.29, 1.82) is 0 Å². The maximum atomic E-state index is 14.2. The van der Waals surface area contributed by atoms with Crippen LogP contribution in [-0.2, 0) is 0 Å². The summed E-state index contributed by atoms with van der Waals surface area (Å²) in [5, 5.41) is 8.62. The zero-order valence-electron chi connectivity index (χ0n) is 14.8. The van der Waals surface area contributed by atoms with E-state index in [0.717, 1.165) is 27.9 Å². The number of nitrogens with zero attached hydrogens (tertiary/aromatic N) is 4. The molecule has 0 aliphatic rings. The van der Waals surface area contributed by atoms with Crippen LogP contribution in [0, 0.1) is 26.6 Å². The number of benzene rings is 2. The van der Waals surface area contributed by atoms with Gasteiger partial charge in [-0.05, 0) is 56.2 Å². The molecule has 2 aromatic carbocycles. The summed E-state index contributed by atoms with van der Waals surface area (Å²) in [6, 6.07) is 12.7. The van der Waals surface area contributed by atoms with Gasteiger partial charge in [-0.15, -0.1) is 0 Å². The summed E-state index contributed by atoms with van der Waals surface area (Å²) in [6.45, 7) is 5.97. The van der Waals surface area contributed by atoms with Gasteiger partial charge < -0.3 is 5.32 Å². The molecule has 4 aromatic rings. The van der Waals surface area contributed by atoms with E-state index in [1.54, 1.807) is 18.2 Å². The number of anilines is 2. The second kappa shape index (κ2) is 6.22. The second-order valence-electron chi connectivity index (χ2n) is 6.37. The van der Waals surface area contributed by atoms with Gasteiger partial charge in [0.15, 0.2) is 5.65 Å². The van der Waals surface area contributed by atoms with Gasteiger partial charge in [-0.1, -0.05) is 18.2 Å². The van der Waals surface area contributed by atoms with E-state index >= 15 is 0 Å². The Morgan fingerprint density at radius 1 is 0.962 bits per heavy atom. The van der Waals surface area contributed by atoms with E-state index in [1.807, 2.05) is 6.92 Å². The van der Waals surface area contributed by atoms with Crippen molar-refractivity contribution in [2.45, 2.75) is 20.8 Å². The third-order valence-electron chi connectivity index (χ3n) is 4.20. The standard InChI is InChI=1S/C20H18FN5/c1-12-8-13(2)10-15(9-12)24-19-18-14(3)25-26(20(18)23-11-22-19)17-7-5-4-6-16(17)21/h4-11H,1-3H3,(H,22,23,24). The van der Waals surface area contributed by atoms with Gasteiger partial charge in [0.1, 0.15) is 23.6 Å². The first kappa shape index (κ1) is 16.2. The number of halogens is 1. The minimum absolute atomic E-state index is 0.348. The average Bonchev–Trinajstić information content (AvgIpc) is 2.92. The lowest BCUT2D eigenvalue weighted by atomic mass is 10.1. The van der Waals surface area contributed by atoms with Crippen molar-refractivity contribution in [2.75, 3.05) is 5.32 Å². The summed E-state index contributed by atoms with van der Waals surface area (Å²) in [5.74, 6) is 0.305. The van der Waals surface area contributed by atoms with Crippen LogP contribution in [0.3, 0.4) is 0 Å². The van der Waals surface area contributed by atoms with Gasteiger partial charge in [0.2, 0.25) is 0 Å². The Morgan fingerprint density at radius 3 is 2.42 bits per heavy atom. The molecule has 0 bridgehead atoms. The molecule has 0 atom stereocenters. The van der Waals surface area contributed by atoms with Crippen molar-refractivity contribution in [2.24, 2.45) is 0 Å². The molecule has 6 heteroatoms. The van der Waals surface area contributed by atoms with Gasteiger partial charge in [-0.2, -0.15) is 5.10 Å². The van der Waals surface area contributed by atoms with Crippen LogP contribution in [0.1, 0.15) is 16.8 Å². The average molecular weight is 347 g/mol. The molecule has 1 N–H and O–H groups in total. The molecule has 0 aliphatic heterocycles. The van der Waals surface area contributed by atoms with Gasteiger partial charge in [0.05, 0.1) is 11.1 Å². The van der Waals surface area contributed by atoms with Crippen LogP contribution in [0.25, 0.3) is 16.7 Å². The zero-order chi connectivity index (χ0) is 18.3. The summed E-state index contributed by atoms with van der Waals surface area (Å²) in [6.07, 6.45) is 1.46. The highest BCUT2D eigenvalue weighted by molar-refractivity contribution is 5.91. The molecule has 130 valence electrons. The third kappa shape index (κ3) is 2.79. The molecule has 2 heterocycles. The predicted molar refractivity (Wildman–Crippen MR) is 101 cm³/mol. The maximum absolute atomic E-state index is 14.2. The molecule has 5 nitrogen and oxygen atoms in total. The fourth-order valence-electron chi connectivity index (χ4n) is 3.19. The summed E-state index contributed by atoms with van der Waals surface area (Å²) in [5.41, 5.74) is 4.93. The SMILES string of the molecule is Cc1cc(C)cc(Nc2ncnc3c2c(C)nn3-c2ccccc2F)c1. The first-order valence-electron chi connectivity index (χ1n) is 8.33. The summed E-state index contributed by atoms with van der Waals surface area (Å²) in [7, 11) is 0. The molecule has 26 heavy (non-hydrogen) atoms. The van der Waals surface area contributed by atoms with E-state index in [9.17, 15) is 4.39 Å². The van der Waals surface area contributed by atoms with E-state index in [2.05, 4.69) is 52.4 Å². The summed E-state index contributed by atoms with van der Waals surface area (Å²) < 4.78 is 15.8. The smallest absolute Gasteiger partial charge is 0.168 e. The van der Waals surface area contributed by atoms with Crippen molar-refractivity contribution in [3.05, 3.63) is 71.4 Å². The Morgan fingerprint density at radius 2 is 1.69 bits per heavy atom. The van der Waals surface area contributed by atoms with Crippen LogP contribution in [-0.4, -0.2) is 19.7 Å². The molecule has 0 aliphatic carbocycles. The molecule has 0 amide bonds. The van der Waals surface area contributed by atoms with E-state index in [0.29, 0.717) is 17.2 Å². The Kier molecular flexibility index (Phi) is 3.88. The van der Waals surface area contributed by atoms with Crippen molar-refractivity contribution in [3.8, 4) is 5.69 Å². The number of nitrogens with one attached hydrogen (secondary N) is 1. The molecule has 4 rings (SSSR count). The molecule has 0 fully saturated rings. The predicted octanol–water partition coefficient (Wildman–Crippen LogP) is 4.62. The molecule has 0 unspecified atom stereocenters. The fraction of sp³-hybridized carbons (Fsp3) is 0.150. The van der Waals surface area contributed by atoms with Crippen LogP contribution >= 0.6 is 0 Å². The quantitative estimate of drug-likeness (QED) is 0.587. The molecule has 0 saturated carbocycles. The lowest BCUT2D eigenvalue weighted by Crippen LogP contribution is -2.01. The number of para-hydroxylation sites is 1. The van der Waals surface area contributed by atoms with Gasteiger partial charge in [0, 0.05) is 5.69 Å². The van der Waals surface area contributed by atoms with E-state index in [1.165, 1.54) is 17.1 Å². The Labute approximate surface area is 150 Å². The molecular formula is C20H18FN5. The number of aromatic nitrogens is 4. The van der Waals surface area contributed by atoms with Crippen molar-refractivity contribution >= 4 is 22.5 Å². The fourth-order valence-corrected chi connectivity index (χ4v) is 3.19. The summed E-state index contributed by atoms with van der Waals surface area (Å²) >= 11 is 0. The van der Waals surface area contributed by atoms with E-state index < -0.39 is 0 Å². The van der Waals surface area contributed by atoms with E-state index in [-0.39, 0.29) is 5.82 Å². The van der Waals surface area contributed by atoms with Crippen molar-refractivity contribution in [1.82, 2.24) is 19.7 Å². The topological polar surface area (TPSA) is 55.6 Å². The number of hydrogen-bond donors (Lipinski definition) is 1.